The summed E-state index contributed by atoms with van der Waals surface area (Å²) in [5.74, 6) is -3.58. The largest absolute Gasteiger partial charge is 0.467 e. The Morgan fingerprint density at radius 2 is 1.74 bits per heavy atom. The van der Waals surface area contributed by atoms with Crippen LogP contribution in [0.5, 0.6) is 5.75 Å². The summed E-state index contributed by atoms with van der Waals surface area (Å²) in [7, 11) is 1.14. The van der Waals surface area contributed by atoms with Gasteiger partial charge in [0.05, 0.1) is 24.8 Å². The van der Waals surface area contributed by atoms with Gasteiger partial charge in [0.2, 0.25) is 6.29 Å². The average molecular weight is 660 g/mol. The number of hydrogen-bond donors (Lipinski definition) is 0. The molecule has 0 bridgehead atoms. The van der Waals surface area contributed by atoms with E-state index in [1.54, 1.807) is 19.9 Å². The van der Waals surface area contributed by atoms with E-state index in [1.807, 2.05) is 13.8 Å². The lowest BCUT2D eigenvalue weighted by Crippen LogP contribution is -2.62. The zero-order chi connectivity index (χ0) is 34.6. The molecule has 10 atom stereocenters. The number of fused-ring (bicyclic) bond motifs is 1. The predicted molar refractivity (Wildman–Crippen MR) is 160 cm³/mol. The Balaban J connectivity index is 1.72. The van der Waals surface area contributed by atoms with Crippen molar-refractivity contribution in [1.82, 2.24) is 0 Å². The molecule has 254 valence electrons. The number of carbonyl (C=O) groups excluding carboxylic acids is 4. The molecule has 1 aromatic carbocycles. The second kappa shape index (κ2) is 14.9. The summed E-state index contributed by atoms with van der Waals surface area (Å²) in [4.78, 5) is 64.2. The number of rotatable bonds is 10. The van der Waals surface area contributed by atoms with Gasteiger partial charge in [-0.25, -0.2) is 9.59 Å². The normalized spacial score (nSPS) is 30.4. The standard InChI is InChI=1S/C31H37N3O13/c1-13-10-23(38)45-27-19(13)8-9-21(20(27)11-35)43-31-26(42-18(6)37)16(4)25(28(47-31)29(39)40-7)46-30-24(33-34-32)15(3)14(2)22(44-30)12-41-17(5)36/h8-11,14-16,22,24-26,28,30-31H,12H2,1-7H3/t14-,15-,16-,22?,24?,25-,26?,28?,30+,31+/m0/s1. The first-order valence-electron chi connectivity index (χ1n) is 14.9. The number of benzene rings is 1. The molecule has 3 heterocycles. The molecule has 2 fully saturated rings. The number of carbonyl (C=O) groups is 4. The van der Waals surface area contributed by atoms with Crippen molar-refractivity contribution in [3.8, 4) is 5.75 Å². The van der Waals surface area contributed by atoms with Gasteiger partial charge in [-0.3, -0.25) is 14.4 Å². The molecular weight excluding hydrogens is 622 g/mol. The topological polar surface area (TPSA) is 212 Å². The first-order valence-corrected chi connectivity index (χ1v) is 14.9. The van der Waals surface area contributed by atoms with Gasteiger partial charge in [-0.15, -0.1) is 0 Å². The van der Waals surface area contributed by atoms with Crippen LogP contribution < -0.4 is 10.4 Å². The SMILES string of the molecule is COC(=O)C1O[C@@H](Oc2ccc3c(C)cc(=O)oc3c2C=O)C(OC(C)=O)[C@@H](C)[C@@H]1O[C@H]1OC(COC(C)=O)[C@@H](C)[C@H](C)C1N=[N+]=[N-]. The zero-order valence-corrected chi connectivity index (χ0v) is 26.9. The fourth-order valence-electron chi connectivity index (χ4n) is 5.84. The van der Waals surface area contributed by atoms with E-state index in [2.05, 4.69) is 10.0 Å². The fraction of sp³-hybridized carbons (Fsp3) is 0.581. The van der Waals surface area contributed by atoms with Crippen LogP contribution in [0.1, 0.15) is 50.5 Å². The highest BCUT2D eigenvalue weighted by Crippen LogP contribution is 2.39. The molecule has 4 unspecified atom stereocenters. The summed E-state index contributed by atoms with van der Waals surface area (Å²) in [5.41, 5.74) is 9.09. The average Bonchev–Trinajstić information content (AvgIpc) is 3.01. The van der Waals surface area contributed by atoms with Crippen molar-refractivity contribution in [1.29, 1.82) is 0 Å². The maximum absolute atomic E-state index is 13.2. The molecular formula is C31H37N3O13. The number of hydrogen-bond acceptors (Lipinski definition) is 14. The van der Waals surface area contributed by atoms with Gasteiger partial charge in [0.15, 0.2) is 30.4 Å². The molecule has 0 aliphatic carbocycles. The number of methoxy groups -OCH3 is 1. The Bertz CT molecular complexity index is 1620. The van der Waals surface area contributed by atoms with Crippen molar-refractivity contribution >= 4 is 35.2 Å². The third kappa shape index (κ3) is 7.57. The van der Waals surface area contributed by atoms with Gasteiger partial charge in [0.1, 0.15) is 18.5 Å². The minimum Gasteiger partial charge on any atom is -0.467 e. The fourth-order valence-corrected chi connectivity index (χ4v) is 5.84. The van der Waals surface area contributed by atoms with E-state index in [0.717, 1.165) is 7.11 Å². The summed E-state index contributed by atoms with van der Waals surface area (Å²) < 4.78 is 45.7. The summed E-state index contributed by atoms with van der Waals surface area (Å²) in [6.07, 6.45) is -6.88. The van der Waals surface area contributed by atoms with Gasteiger partial charge < -0.3 is 37.6 Å². The van der Waals surface area contributed by atoms with Gasteiger partial charge in [0.25, 0.3) is 0 Å². The predicted octanol–water partition coefficient (Wildman–Crippen LogP) is 3.38. The van der Waals surface area contributed by atoms with E-state index < -0.39 is 72.5 Å². The maximum atomic E-state index is 13.2. The first-order chi connectivity index (χ1) is 22.3. The molecule has 0 N–H and O–H groups in total. The third-order valence-electron chi connectivity index (χ3n) is 8.57. The summed E-state index contributed by atoms with van der Waals surface area (Å²) in [6, 6.07) is 3.45. The number of aldehydes is 1. The molecule has 0 spiro atoms. The summed E-state index contributed by atoms with van der Waals surface area (Å²) in [5, 5.41) is 4.39. The highest BCUT2D eigenvalue weighted by molar-refractivity contribution is 5.98. The van der Waals surface area contributed by atoms with Crippen molar-refractivity contribution in [3.63, 3.8) is 0 Å². The molecule has 16 heteroatoms. The summed E-state index contributed by atoms with van der Waals surface area (Å²) >= 11 is 0. The number of ether oxygens (including phenoxy) is 7. The minimum atomic E-state index is -1.50. The summed E-state index contributed by atoms with van der Waals surface area (Å²) in [6.45, 7) is 9.30. The molecule has 16 nitrogen and oxygen atoms in total. The van der Waals surface area contributed by atoms with Crippen molar-refractivity contribution in [2.24, 2.45) is 22.9 Å². The van der Waals surface area contributed by atoms with Crippen LogP contribution in [0.15, 0.2) is 32.5 Å². The molecule has 2 saturated heterocycles. The van der Waals surface area contributed by atoms with Gasteiger partial charge in [0, 0.05) is 36.1 Å². The Morgan fingerprint density at radius 1 is 1.02 bits per heavy atom. The van der Waals surface area contributed by atoms with Gasteiger partial charge in [-0.2, -0.15) is 0 Å². The van der Waals surface area contributed by atoms with Crippen molar-refractivity contribution in [2.75, 3.05) is 13.7 Å². The Labute approximate surface area is 269 Å². The third-order valence-corrected chi connectivity index (χ3v) is 8.57. The highest BCUT2D eigenvalue weighted by Gasteiger charge is 2.53. The van der Waals surface area contributed by atoms with Crippen LogP contribution >= 0.6 is 0 Å². The van der Waals surface area contributed by atoms with E-state index in [9.17, 15) is 29.5 Å². The second-order valence-electron chi connectivity index (χ2n) is 11.6. The molecule has 4 rings (SSSR count). The van der Waals surface area contributed by atoms with Crippen LogP contribution in [0.4, 0.5) is 0 Å². The van der Waals surface area contributed by atoms with Crippen LogP contribution in [0.2, 0.25) is 0 Å². The van der Waals surface area contributed by atoms with E-state index >= 15 is 0 Å². The molecule has 1 aromatic heterocycles. The zero-order valence-electron chi connectivity index (χ0n) is 26.9. The van der Waals surface area contributed by atoms with Crippen LogP contribution in [-0.2, 0) is 42.8 Å². The van der Waals surface area contributed by atoms with Crippen LogP contribution in [0.25, 0.3) is 21.4 Å². The molecule has 0 radical (unpaired) electrons. The lowest BCUT2D eigenvalue weighted by atomic mass is 9.82. The quantitative estimate of drug-likeness (QED) is 0.0681. The molecule has 0 amide bonds. The van der Waals surface area contributed by atoms with Crippen molar-refractivity contribution in [2.45, 2.75) is 84.6 Å². The lowest BCUT2D eigenvalue weighted by Gasteiger charge is -2.47. The number of aryl methyl sites for hydroxylation is 1. The monoisotopic (exact) mass is 659 g/mol. The Morgan fingerprint density at radius 3 is 2.36 bits per heavy atom. The van der Waals surface area contributed by atoms with Crippen LogP contribution in [0, 0.1) is 24.7 Å². The van der Waals surface area contributed by atoms with Crippen molar-refractivity contribution < 1.29 is 56.8 Å². The molecule has 2 aliphatic rings. The Kier molecular flexibility index (Phi) is 11.2. The Hall–Kier alpha value is -4.50. The maximum Gasteiger partial charge on any atom is 0.337 e. The van der Waals surface area contributed by atoms with E-state index in [-0.39, 0.29) is 35.3 Å². The lowest BCUT2D eigenvalue weighted by molar-refractivity contribution is -0.314. The smallest absolute Gasteiger partial charge is 0.337 e. The number of azide groups is 1. The second-order valence-corrected chi connectivity index (χ2v) is 11.6. The number of esters is 3. The van der Waals surface area contributed by atoms with E-state index in [1.165, 1.54) is 26.0 Å². The highest BCUT2D eigenvalue weighted by atomic mass is 16.7. The van der Waals surface area contributed by atoms with E-state index in [4.69, 9.17) is 37.6 Å². The van der Waals surface area contributed by atoms with Crippen LogP contribution in [-0.4, -0.2) is 80.9 Å². The van der Waals surface area contributed by atoms with Gasteiger partial charge in [-0.1, -0.05) is 25.9 Å². The molecule has 0 saturated carbocycles. The first kappa shape index (κ1) is 35.4. The molecule has 2 aliphatic heterocycles. The van der Waals surface area contributed by atoms with Gasteiger partial charge >= 0.3 is 23.5 Å². The van der Waals surface area contributed by atoms with Crippen molar-refractivity contribution in [3.05, 3.63) is 50.2 Å². The minimum absolute atomic E-state index is 0.0219. The van der Waals surface area contributed by atoms with Gasteiger partial charge in [-0.05, 0) is 42.0 Å². The number of nitrogens with zero attached hydrogens (tertiary/aromatic N) is 3. The van der Waals surface area contributed by atoms with E-state index in [0.29, 0.717) is 17.2 Å². The van der Waals surface area contributed by atoms with Crippen LogP contribution in [0.3, 0.4) is 0 Å². The molecule has 2 aromatic rings. The molecule has 47 heavy (non-hydrogen) atoms.